The number of benzene rings is 1. The number of hydrogen-bond donors (Lipinski definition) is 1. The van der Waals surface area contributed by atoms with E-state index in [1.54, 1.807) is 0 Å². The van der Waals surface area contributed by atoms with Crippen LogP contribution in [0, 0.1) is 5.92 Å². The third-order valence-corrected chi connectivity index (χ3v) is 3.78. The number of aliphatic hydroxyl groups excluding tert-OH is 1. The molecular formula is C18H30O. The van der Waals surface area contributed by atoms with Crippen LogP contribution in [0.4, 0.5) is 0 Å². The maximum absolute atomic E-state index is 10.4. The van der Waals surface area contributed by atoms with Crippen LogP contribution < -0.4 is 0 Å². The highest BCUT2D eigenvalue weighted by Crippen LogP contribution is 2.31. The number of hydrogen-bond acceptors (Lipinski definition) is 1. The van der Waals surface area contributed by atoms with E-state index < -0.39 is 0 Å². The quantitative estimate of drug-likeness (QED) is 0.727. The summed E-state index contributed by atoms with van der Waals surface area (Å²) in [5, 5.41) is 10.4. The van der Waals surface area contributed by atoms with Gasteiger partial charge in [0, 0.05) is 0 Å². The summed E-state index contributed by atoms with van der Waals surface area (Å²) in [6, 6.07) is 6.59. The van der Waals surface area contributed by atoms with Crippen molar-refractivity contribution in [2.24, 2.45) is 5.92 Å². The first-order chi connectivity index (χ1) is 8.82. The first-order valence-electron chi connectivity index (χ1n) is 7.64. The molecule has 0 saturated heterocycles. The van der Waals surface area contributed by atoms with E-state index in [2.05, 4.69) is 59.7 Å². The summed E-state index contributed by atoms with van der Waals surface area (Å²) in [6.45, 7) is 13.3. The molecule has 1 N–H and O–H groups in total. The van der Waals surface area contributed by atoms with Gasteiger partial charge in [0.05, 0.1) is 6.10 Å². The van der Waals surface area contributed by atoms with E-state index in [-0.39, 0.29) is 6.10 Å². The summed E-state index contributed by atoms with van der Waals surface area (Å²) < 4.78 is 0. The molecule has 1 rings (SSSR count). The van der Waals surface area contributed by atoms with Gasteiger partial charge in [-0.25, -0.2) is 0 Å². The Labute approximate surface area is 119 Å². The average Bonchev–Trinajstić information content (AvgIpc) is 2.34. The van der Waals surface area contributed by atoms with E-state index in [1.807, 2.05) is 0 Å². The zero-order valence-corrected chi connectivity index (χ0v) is 13.4. The van der Waals surface area contributed by atoms with E-state index in [1.165, 1.54) is 11.1 Å². The molecule has 0 aliphatic rings. The topological polar surface area (TPSA) is 20.2 Å². The summed E-state index contributed by atoms with van der Waals surface area (Å²) in [6.07, 6.45) is 1.62. The maximum Gasteiger partial charge on any atom is 0.0792 e. The fourth-order valence-corrected chi connectivity index (χ4v) is 2.40. The van der Waals surface area contributed by atoms with Gasteiger partial charge in [0.15, 0.2) is 0 Å². The van der Waals surface area contributed by atoms with Crippen molar-refractivity contribution < 1.29 is 5.11 Å². The highest BCUT2D eigenvalue weighted by atomic mass is 16.3. The lowest BCUT2D eigenvalue weighted by molar-refractivity contribution is 0.158. The second kappa shape index (κ2) is 7.09. The molecular weight excluding hydrogens is 232 g/mol. The van der Waals surface area contributed by atoms with Crippen molar-refractivity contribution in [3.63, 3.8) is 0 Å². The molecule has 1 atom stereocenters. The normalized spacial score (nSPS) is 13.6. The summed E-state index contributed by atoms with van der Waals surface area (Å²) in [4.78, 5) is 0. The van der Waals surface area contributed by atoms with E-state index in [0.29, 0.717) is 17.8 Å². The van der Waals surface area contributed by atoms with Crippen LogP contribution in [0.25, 0.3) is 0 Å². The Bertz CT molecular complexity index is 391. The third-order valence-electron chi connectivity index (χ3n) is 3.78. The first kappa shape index (κ1) is 16.2. The van der Waals surface area contributed by atoms with Crippen LogP contribution in [0.1, 0.15) is 89.0 Å². The summed E-state index contributed by atoms with van der Waals surface area (Å²) in [5.74, 6) is 1.65. The second-order valence-corrected chi connectivity index (χ2v) is 6.68. The summed E-state index contributed by atoms with van der Waals surface area (Å²) >= 11 is 0. The molecule has 0 radical (unpaired) electrons. The smallest absolute Gasteiger partial charge is 0.0792 e. The molecule has 0 saturated carbocycles. The number of aliphatic hydroxyl groups is 1. The minimum atomic E-state index is -0.319. The highest BCUT2D eigenvalue weighted by molar-refractivity contribution is 5.36. The van der Waals surface area contributed by atoms with Crippen molar-refractivity contribution in [2.45, 2.75) is 72.3 Å². The van der Waals surface area contributed by atoms with Crippen molar-refractivity contribution in [1.82, 2.24) is 0 Å². The van der Waals surface area contributed by atoms with Gasteiger partial charge < -0.3 is 5.11 Å². The maximum atomic E-state index is 10.4. The first-order valence-corrected chi connectivity index (χ1v) is 7.64. The van der Waals surface area contributed by atoms with Crippen molar-refractivity contribution in [3.8, 4) is 0 Å². The molecule has 1 nitrogen and oxygen atoms in total. The predicted octanol–water partition coefficient (Wildman–Crippen LogP) is 5.40. The van der Waals surface area contributed by atoms with E-state index >= 15 is 0 Å². The van der Waals surface area contributed by atoms with Gasteiger partial charge in [-0.15, -0.1) is 0 Å². The molecule has 1 aromatic rings. The van der Waals surface area contributed by atoms with Crippen LogP contribution >= 0.6 is 0 Å². The van der Waals surface area contributed by atoms with Gasteiger partial charge in [-0.2, -0.15) is 0 Å². The zero-order valence-electron chi connectivity index (χ0n) is 13.4. The van der Waals surface area contributed by atoms with Gasteiger partial charge in [-0.05, 0) is 47.3 Å². The Hall–Kier alpha value is -0.820. The van der Waals surface area contributed by atoms with E-state index in [0.717, 1.165) is 18.4 Å². The van der Waals surface area contributed by atoms with Crippen LogP contribution in [0.2, 0.25) is 0 Å². The van der Waals surface area contributed by atoms with Gasteiger partial charge in [0.1, 0.15) is 0 Å². The summed E-state index contributed by atoms with van der Waals surface area (Å²) in [5.41, 5.74) is 3.80. The van der Waals surface area contributed by atoms with Crippen LogP contribution in [-0.2, 0) is 0 Å². The number of rotatable bonds is 6. The highest BCUT2D eigenvalue weighted by Gasteiger charge is 2.16. The van der Waals surface area contributed by atoms with Crippen molar-refractivity contribution in [1.29, 1.82) is 0 Å². The molecule has 1 heteroatoms. The van der Waals surface area contributed by atoms with Gasteiger partial charge in [-0.3, -0.25) is 0 Å². The van der Waals surface area contributed by atoms with Crippen LogP contribution in [0.3, 0.4) is 0 Å². The minimum Gasteiger partial charge on any atom is -0.388 e. The molecule has 0 heterocycles. The monoisotopic (exact) mass is 262 g/mol. The van der Waals surface area contributed by atoms with Gasteiger partial charge in [0.25, 0.3) is 0 Å². The Morgan fingerprint density at radius 1 is 0.842 bits per heavy atom. The van der Waals surface area contributed by atoms with Gasteiger partial charge in [-0.1, -0.05) is 59.7 Å². The van der Waals surface area contributed by atoms with Crippen LogP contribution in [0.15, 0.2) is 18.2 Å². The Morgan fingerprint density at radius 3 is 1.95 bits per heavy atom. The molecule has 0 aliphatic heterocycles. The molecule has 0 fully saturated rings. The lowest BCUT2D eigenvalue weighted by Gasteiger charge is -2.20. The van der Waals surface area contributed by atoms with Gasteiger partial charge in [0.2, 0.25) is 0 Å². The summed E-state index contributed by atoms with van der Waals surface area (Å²) in [7, 11) is 0. The zero-order chi connectivity index (χ0) is 14.6. The van der Waals surface area contributed by atoms with E-state index in [4.69, 9.17) is 0 Å². The largest absolute Gasteiger partial charge is 0.388 e. The molecule has 19 heavy (non-hydrogen) atoms. The molecule has 0 amide bonds. The molecule has 1 unspecified atom stereocenters. The fraction of sp³-hybridized carbons (Fsp3) is 0.667. The molecule has 0 aliphatic carbocycles. The Kier molecular flexibility index (Phi) is 6.06. The van der Waals surface area contributed by atoms with Crippen LogP contribution in [-0.4, -0.2) is 5.11 Å². The second-order valence-electron chi connectivity index (χ2n) is 6.68. The van der Waals surface area contributed by atoms with Gasteiger partial charge >= 0.3 is 0 Å². The molecule has 1 aromatic carbocycles. The van der Waals surface area contributed by atoms with Crippen molar-refractivity contribution in [3.05, 3.63) is 34.9 Å². The molecule has 0 aromatic heterocycles. The third kappa shape index (κ3) is 4.65. The van der Waals surface area contributed by atoms with E-state index in [9.17, 15) is 5.11 Å². The average molecular weight is 262 g/mol. The SMILES string of the molecule is CC(C)CCC(O)c1ccc(C(C)C)cc1C(C)C. The lowest BCUT2D eigenvalue weighted by atomic mass is 9.88. The Balaban J connectivity index is 2.99. The van der Waals surface area contributed by atoms with Crippen LogP contribution in [0.5, 0.6) is 0 Å². The molecule has 0 spiro atoms. The Morgan fingerprint density at radius 2 is 1.47 bits per heavy atom. The lowest BCUT2D eigenvalue weighted by Crippen LogP contribution is -2.06. The standard InChI is InChI=1S/C18H30O/c1-12(2)7-10-18(19)16-9-8-15(13(3)4)11-17(16)14(5)6/h8-9,11-14,18-19H,7,10H2,1-6H3. The predicted molar refractivity (Wildman–Crippen MR) is 83.7 cm³/mol. The minimum absolute atomic E-state index is 0.319. The molecule has 108 valence electrons. The molecule has 0 bridgehead atoms. The van der Waals surface area contributed by atoms with Crippen molar-refractivity contribution in [2.75, 3.05) is 0 Å². The van der Waals surface area contributed by atoms with Crippen molar-refractivity contribution >= 4 is 0 Å². The fourth-order valence-electron chi connectivity index (χ4n) is 2.40.